The molecule has 0 saturated carbocycles. The molecule has 0 aromatic heterocycles. The zero-order valence-electron chi connectivity index (χ0n) is 15.9. The number of hydrogen-bond donors (Lipinski definition) is 1. The van der Waals surface area contributed by atoms with Gasteiger partial charge >= 0.3 is 12.0 Å². The molecule has 156 valence electrons. The number of esters is 1. The summed E-state index contributed by atoms with van der Waals surface area (Å²) in [5, 5.41) is 3.06. The second kappa shape index (κ2) is 9.06. The van der Waals surface area contributed by atoms with Gasteiger partial charge in [-0.2, -0.15) is 0 Å². The third kappa shape index (κ3) is 4.50. The highest BCUT2D eigenvalue weighted by Gasteiger charge is 2.35. The highest BCUT2D eigenvalue weighted by molar-refractivity contribution is 6.33. The molecular formula is C20H16Cl2N2O6. The van der Waals surface area contributed by atoms with Crippen molar-refractivity contribution in [2.24, 2.45) is 0 Å². The Morgan fingerprint density at radius 1 is 1.17 bits per heavy atom. The first kappa shape index (κ1) is 21.5. The zero-order valence-corrected chi connectivity index (χ0v) is 17.4. The van der Waals surface area contributed by atoms with Crippen LogP contribution >= 0.6 is 23.2 Å². The Morgan fingerprint density at radius 3 is 2.60 bits per heavy atom. The van der Waals surface area contributed by atoms with Crippen LogP contribution in [-0.4, -0.2) is 38.7 Å². The van der Waals surface area contributed by atoms with E-state index < -0.39 is 17.9 Å². The van der Waals surface area contributed by atoms with Crippen LogP contribution in [0.25, 0.3) is 6.08 Å². The minimum Gasteiger partial charge on any atom is -0.493 e. The number of benzene rings is 2. The normalized spacial score (nSPS) is 14.7. The van der Waals surface area contributed by atoms with Crippen LogP contribution in [0.15, 0.2) is 42.1 Å². The van der Waals surface area contributed by atoms with Gasteiger partial charge in [-0.05, 0) is 42.0 Å². The molecule has 1 heterocycles. The molecule has 3 rings (SSSR count). The summed E-state index contributed by atoms with van der Waals surface area (Å²) in [6.07, 6.45) is 1.45. The van der Waals surface area contributed by atoms with Gasteiger partial charge in [0.1, 0.15) is 5.70 Å². The summed E-state index contributed by atoms with van der Waals surface area (Å²) in [4.78, 5) is 37.3. The number of imide groups is 1. The van der Waals surface area contributed by atoms with Crippen LogP contribution in [0.4, 0.5) is 10.5 Å². The van der Waals surface area contributed by atoms with Gasteiger partial charge < -0.3 is 19.5 Å². The quantitative estimate of drug-likeness (QED) is 0.410. The molecule has 1 N–H and O–H groups in total. The summed E-state index contributed by atoms with van der Waals surface area (Å²) >= 11 is 12.2. The molecule has 0 radical (unpaired) electrons. The smallest absolute Gasteiger partial charge is 0.343 e. The molecule has 0 spiro atoms. The fourth-order valence-electron chi connectivity index (χ4n) is 2.70. The topological polar surface area (TPSA) is 94.2 Å². The zero-order chi connectivity index (χ0) is 21.8. The Bertz CT molecular complexity index is 1050. The summed E-state index contributed by atoms with van der Waals surface area (Å²) in [6.45, 7) is -0.351. The van der Waals surface area contributed by atoms with E-state index >= 15 is 0 Å². The minimum absolute atomic E-state index is 0.0429. The molecule has 1 saturated heterocycles. The van der Waals surface area contributed by atoms with Crippen molar-refractivity contribution in [3.8, 4) is 11.5 Å². The summed E-state index contributed by atoms with van der Waals surface area (Å²) < 4.78 is 15.1. The minimum atomic E-state index is -0.607. The number of nitrogens with one attached hydrogen (secondary N) is 1. The van der Waals surface area contributed by atoms with Gasteiger partial charge in [0.05, 0.1) is 24.9 Å². The first-order valence-electron chi connectivity index (χ1n) is 8.54. The molecule has 0 aliphatic carbocycles. The van der Waals surface area contributed by atoms with E-state index in [2.05, 4.69) is 10.1 Å². The lowest BCUT2D eigenvalue weighted by atomic mass is 10.1. The van der Waals surface area contributed by atoms with Gasteiger partial charge in [0.25, 0.3) is 5.91 Å². The second-order valence-corrected chi connectivity index (χ2v) is 6.85. The molecule has 30 heavy (non-hydrogen) atoms. The molecule has 1 aliphatic heterocycles. The van der Waals surface area contributed by atoms with E-state index in [-0.39, 0.29) is 28.8 Å². The maximum Gasteiger partial charge on any atom is 0.343 e. The molecule has 8 nitrogen and oxygen atoms in total. The number of methoxy groups -OCH3 is 2. The maximum atomic E-state index is 12.7. The number of urea groups is 1. The Hall–Kier alpha value is -3.23. The van der Waals surface area contributed by atoms with Gasteiger partial charge in [-0.15, -0.1) is 0 Å². The molecule has 2 aromatic rings. The van der Waals surface area contributed by atoms with Crippen LogP contribution in [0.3, 0.4) is 0 Å². The number of ether oxygens (including phenoxy) is 3. The van der Waals surface area contributed by atoms with E-state index in [1.165, 1.54) is 32.4 Å². The molecule has 3 amide bonds. The Balaban J connectivity index is 1.89. The predicted octanol–water partition coefficient (Wildman–Crippen LogP) is 3.65. The second-order valence-electron chi connectivity index (χ2n) is 6.01. The average molecular weight is 451 g/mol. The van der Waals surface area contributed by atoms with Crippen molar-refractivity contribution in [3.63, 3.8) is 0 Å². The van der Waals surface area contributed by atoms with Gasteiger partial charge in [-0.3, -0.25) is 4.79 Å². The summed E-state index contributed by atoms with van der Waals surface area (Å²) in [6, 6.07) is 8.83. The van der Waals surface area contributed by atoms with E-state index in [1.54, 1.807) is 24.3 Å². The van der Waals surface area contributed by atoms with Crippen LogP contribution in [0, 0.1) is 0 Å². The lowest BCUT2D eigenvalue weighted by Crippen LogP contribution is -2.30. The molecule has 1 fully saturated rings. The lowest BCUT2D eigenvalue weighted by molar-refractivity contribution is -0.142. The highest BCUT2D eigenvalue weighted by Crippen LogP contribution is 2.37. The van der Waals surface area contributed by atoms with Gasteiger partial charge in [-0.1, -0.05) is 29.3 Å². The monoisotopic (exact) mass is 450 g/mol. The molecular weight excluding hydrogens is 435 g/mol. The van der Waals surface area contributed by atoms with Crippen molar-refractivity contribution >= 4 is 52.9 Å². The third-order valence-corrected chi connectivity index (χ3v) is 4.59. The van der Waals surface area contributed by atoms with E-state index in [0.717, 1.165) is 4.90 Å². The van der Waals surface area contributed by atoms with Gasteiger partial charge in [-0.25, -0.2) is 14.5 Å². The summed E-state index contributed by atoms with van der Waals surface area (Å²) in [7, 11) is 2.64. The SMILES string of the molecule is COC(=O)COc1c(Cl)cc(/C=C2/NC(=O)N(c3cccc(Cl)c3)C2=O)cc1OC. The van der Waals surface area contributed by atoms with Crippen molar-refractivity contribution in [3.05, 3.63) is 57.7 Å². The molecule has 0 atom stereocenters. The van der Waals surface area contributed by atoms with Crippen LogP contribution in [0.2, 0.25) is 10.0 Å². The van der Waals surface area contributed by atoms with Crippen molar-refractivity contribution in [2.75, 3.05) is 25.7 Å². The fraction of sp³-hybridized carbons (Fsp3) is 0.150. The first-order chi connectivity index (χ1) is 14.3. The van der Waals surface area contributed by atoms with E-state index in [1.807, 2.05) is 0 Å². The van der Waals surface area contributed by atoms with Crippen molar-refractivity contribution in [2.45, 2.75) is 0 Å². The molecule has 1 aliphatic rings. The lowest BCUT2D eigenvalue weighted by Gasteiger charge is -2.13. The van der Waals surface area contributed by atoms with E-state index in [4.69, 9.17) is 32.7 Å². The number of rotatable bonds is 6. The fourth-order valence-corrected chi connectivity index (χ4v) is 3.16. The summed E-state index contributed by atoms with van der Waals surface area (Å²) in [5.41, 5.74) is 0.857. The van der Waals surface area contributed by atoms with Crippen LogP contribution in [0.5, 0.6) is 11.5 Å². The first-order valence-corrected chi connectivity index (χ1v) is 9.29. The van der Waals surface area contributed by atoms with Crippen LogP contribution < -0.4 is 19.7 Å². The van der Waals surface area contributed by atoms with Crippen LogP contribution in [-0.2, 0) is 14.3 Å². The number of anilines is 1. The number of halogens is 2. The summed E-state index contributed by atoms with van der Waals surface area (Å²) in [5.74, 6) is -0.751. The molecule has 0 unspecified atom stereocenters. The molecule has 10 heteroatoms. The third-order valence-electron chi connectivity index (χ3n) is 4.07. The van der Waals surface area contributed by atoms with Crippen LogP contribution in [0.1, 0.15) is 5.56 Å². The van der Waals surface area contributed by atoms with Gasteiger partial charge in [0.2, 0.25) is 0 Å². The number of nitrogens with zero attached hydrogens (tertiary/aromatic N) is 1. The largest absolute Gasteiger partial charge is 0.493 e. The molecule has 2 aromatic carbocycles. The average Bonchev–Trinajstić information content (AvgIpc) is 2.99. The van der Waals surface area contributed by atoms with Gasteiger partial charge in [0.15, 0.2) is 18.1 Å². The molecule has 0 bridgehead atoms. The van der Waals surface area contributed by atoms with Crippen molar-refractivity contribution < 1.29 is 28.6 Å². The van der Waals surface area contributed by atoms with E-state index in [9.17, 15) is 14.4 Å². The number of amides is 3. The Labute approximate surface area is 181 Å². The van der Waals surface area contributed by atoms with Crippen molar-refractivity contribution in [1.29, 1.82) is 0 Å². The Kier molecular flexibility index (Phi) is 6.49. The highest BCUT2D eigenvalue weighted by atomic mass is 35.5. The number of hydrogen-bond acceptors (Lipinski definition) is 6. The predicted molar refractivity (Wildman–Crippen MR) is 111 cm³/mol. The Morgan fingerprint density at radius 2 is 1.93 bits per heavy atom. The maximum absolute atomic E-state index is 12.7. The standard InChI is InChI=1S/C20H16Cl2N2O6/c1-28-16-8-11(6-14(22)18(16)30-10-17(25)29-2)7-15-19(26)24(20(27)23-15)13-5-3-4-12(21)9-13/h3-9H,10H2,1-2H3,(H,23,27)/b15-7+. The van der Waals surface area contributed by atoms with Gasteiger partial charge in [0, 0.05) is 5.02 Å². The van der Waals surface area contributed by atoms with E-state index in [0.29, 0.717) is 16.3 Å². The number of carbonyl (C=O) groups is 3. The number of carbonyl (C=O) groups excluding carboxylic acids is 3. The van der Waals surface area contributed by atoms with Crippen molar-refractivity contribution in [1.82, 2.24) is 5.32 Å².